The second kappa shape index (κ2) is 45.8. The lowest BCUT2D eigenvalue weighted by atomic mass is 10.0. The zero-order chi connectivity index (χ0) is 40.8. The van der Waals surface area contributed by atoms with Crippen LogP contribution < -0.4 is 0 Å². The molecule has 0 aromatic rings. The third kappa shape index (κ3) is 43.3. The minimum absolute atomic E-state index is 0.0701. The van der Waals surface area contributed by atoms with Gasteiger partial charge in [-0.25, -0.2) is 0 Å². The standard InChI is InChI=1S/C50H94O6/c1-4-7-10-13-16-19-21-22-23-24-25-26-27-28-29-32-34-37-40-43-49(52)55-46-47(45-54-48(51)42-39-36-33-30-18-15-12-9-6-3)56-50(53)44-41-38-35-31-20-17-14-11-8-5-2/h14,17,47H,4-13,15-16,18-46H2,1-3H3/b17-14-. The molecule has 1 atom stereocenters. The van der Waals surface area contributed by atoms with Crippen LogP contribution in [0.2, 0.25) is 0 Å². The lowest BCUT2D eigenvalue weighted by molar-refractivity contribution is -0.167. The Hall–Kier alpha value is -1.85. The molecule has 6 nitrogen and oxygen atoms in total. The largest absolute Gasteiger partial charge is 0.462 e. The molecule has 0 heterocycles. The molecule has 0 aliphatic carbocycles. The van der Waals surface area contributed by atoms with Crippen LogP contribution in [0.15, 0.2) is 12.2 Å². The van der Waals surface area contributed by atoms with Crippen LogP contribution in [0.5, 0.6) is 0 Å². The van der Waals surface area contributed by atoms with Crippen LogP contribution in [0.1, 0.15) is 271 Å². The van der Waals surface area contributed by atoms with Crippen molar-refractivity contribution in [2.45, 2.75) is 277 Å². The first-order valence-electron chi connectivity index (χ1n) is 24.7. The predicted molar refractivity (Wildman–Crippen MR) is 238 cm³/mol. The number of carbonyl (C=O) groups excluding carboxylic acids is 3. The van der Waals surface area contributed by atoms with Crippen molar-refractivity contribution in [1.82, 2.24) is 0 Å². The Kier molecular flexibility index (Phi) is 44.3. The van der Waals surface area contributed by atoms with Crippen LogP contribution in [0.25, 0.3) is 0 Å². The second-order valence-electron chi connectivity index (χ2n) is 16.7. The van der Waals surface area contributed by atoms with Crippen molar-refractivity contribution in [1.29, 1.82) is 0 Å². The van der Waals surface area contributed by atoms with Gasteiger partial charge in [0.1, 0.15) is 13.2 Å². The van der Waals surface area contributed by atoms with E-state index in [-0.39, 0.29) is 31.1 Å². The van der Waals surface area contributed by atoms with Gasteiger partial charge in [0, 0.05) is 19.3 Å². The molecule has 0 aromatic carbocycles. The summed E-state index contributed by atoms with van der Waals surface area (Å²) in [6, 6.07) is 0. The third-order valence-electron chi connectivity index (χ3n) is 11.0. The van der Waals surface area contributed by atoms with E-state index in [0.717, 1.165) is 77.0 Å². The van der Waals surface area contributed by atoms with Crippen LogP contribution in [-0.4, -0.2) is 37.2 Å². The zero-order valence-corrected chi connectivity index (χ0v) is 37.7. The maximum atomic E-state index is 12.7. The van der Waals surface area contributed by atoms with Gasteiger partial charge in [-0.1, -0.05) is 226 Å². The lowest BCUT2D eigenvalue weighted by Crippen LogP contribution is -2.30. The third-order valence-corrected chi connectivity index (χ3v) is 11.0. The summed E-state index contributed by atoms with van der Waals surface area (Å²) in [6.07, 6.45) is 49.2. The fraction of sp³-hybridized carbons (Fsp3) is 0.900. The molecule has 0 spiro atoms. The fourth-order valence-corrected chi connectivity index (χ4v) is 7.25. The number of hydrogen-bond donors (Lipinski definition) is 0. The van der Waals surface area contributed by atoms with Crippen LogP contribution in [0.3, 0.4) is 0 Å². The highest BCUT2D eigenvalue weighted by Gasteiger charge is 2.19. The molecular weight excluding hydrogens is 697 g/mol. The zero-order valence-electron chi connectivity index (χ0n) is 37.7. The maximum Gasteiger partial charge on any atom is 0.306 e. The Labute approximate surface area is 348 Å². The van der Waals surface area contributed by atoms with Gasteiger partial charge >= 0.3 is 17.9 Å². The summed E-state index contributed by atoms with van der Waals surface area (Å²) < 4.78 is 16.7. The van der Waals surface area contributed by atoms with E-state index in [1.807, 2.05) is 0 Å². The summed E-state index contributed by atoms with van der Waals surface area (Å²) in [5, 5.41) is 0. The molecule has 0 aromatic heterocycles. The summed E-state index contributed by atoms with van der Waals surface area (Å²) in [5.74, 6) is -0.875. The van der Waals surface area contributed by atoms with Gasteiger partial charge in [-0.2, -0.15) is 0 Å². The molecular formula is C50H94O6. The van der Waals surface area contributed by atoms with Crippen molar-refractivity contribution in [3.05, 3.63) is 12.2 Å². The smallest absolute Gasteiger partial charge is 0.306 e. The summed E-state index contributed by atoms with van der Waals surface area (Å²) in [7, 11) is 0. The monoisotopic (exact) mass is 791 g/mol. The number of rotatable bonds is 45. The van der Waals surface area contributed by atoms with E-state index in [2.05, 4.69) is 32.9 Å². The van der Waals surface area contributed by atoms with Gasteiger partial charge in [-0.15, -0.1) is 0 Å². The quantitative estimate of drug-likeness (QED) is 0.0264. The number of hydrogen-bond acceptors (Lipinski definition) is 6. The fourth-order valence-electron chi connectivity index (χ4n) is 7.25. The molecule has 0 saturated carbocycles. The van der Waals surface area contributed by atoms with Gasteiger partial charge in [0.15, 0.2) is 6.10 Å². The molecule has 0 saturated heterocycles. The molecule has 0 amide bonds. The summed E-state index contributed by atoms with van der Waals surface area (Å²) in [5.41, 5.74) is 0. The molecule has 0 rings (SSSR count). The van der Waals surface area contributed by atoms with E-state index in [9.17, 15) is 14.4 Å². The van der Waals surface area contributed by atoms with Crippen molar-refractivity contribution in [3.8, 4) is 0 Å². The van der Waals surface area contributed by atoms with Crippen molar-refractivity contribution in [3.63, 3.8) is 0 Å². The van der Waals surface area contributed by atoms with E-state index in [1.54, 1.807) is 0 Å². The molecule has 0 aliphatic heterocycles. The first-order chi connectivity index (χ1) is 27.5. The van der Waals surface area contributed by atoms with E-state index in [4.69, 9.17) is 14.2 Å². The van der Waals surface area contributed by atoms with Crippen molar-refractivity contribution in [2.24, 2.45) is 0 Å². The van der Waals surface area contributed by atoms with Gasteiger partial charge in [-0.05, 0) is 38.5 Å². The van der Waals surface area contributed by atoms with E-state index >= 15 is 0 Å². The maximum absolute atomic E-state index is 12.7. The highest BCUT2D eigenvalue weighted by atomic mass is 16.6. The molecule has 0 radical (unpaired) electrons. The Balaban J connectivity index is 4.20. The first-order valence-corrected chi connectivity index (χ1v) is 24.7. The molecule has 1 unspecified atom stereocenters. The minimum atomic E-state index is -0.767. The van der Waals surface area contributed by atoms with Gasteiger partial charge < -0.3 is 14.2 Å². The summed E-state index contributed by atoms with van der Waals surface area (Å²) in [6.45, 7) is 6.59. The van der Waals surface area contributed by atoms with Gasteiger partial charge in [0.2, 0.25) is 0 Å². The Bertz CT molecular complexity index is 870. The Morgan fingerprint density at radius 2 is 0.607 bits per heavy atom. The van der Waals surface area contributed by atoms with Crippen molar-refractivity contribution >= 4 is 17.9 Å². The average molecular weight is 791 g/mol. The minimum Gasteiger partial charge on any atom is -0.462 e. The Morgan fingerprint density at radius 1 is 0.339 bits per heavy atom. The van der Waals surface area contributed by atoms with Crippen LogP contribution in [0, 0.1) is 0 Å². The number of unbranched alkanes of at least 4 members (excludes halogenated alkanes) is 32. The molecule has 0 fully saturated rings. The van der Waals surface area contributed by atoms with Gasteiger partial charge in [0.05, 0.1) is 0 Å². The van der Waals surface area contributed by atoms with Crippen molar-refractivity contribution in [2.75, 3.05) is 13.2 Å². The number of allylic oxidation sites excluding steroid dienone is 2. The Morgan fingerprint density at radius 3 is 0.946 bits per heavy atom. The number of carbonyl (C=O) groups is 3. The molecule has 56 heavy (non-hydrogen) atoms. The van der Waals surface area contributed by atoms with Crippen LogP contribution >= 0.6 is 0 Å². The molecule has 330 valence electrons. The molecule has 0 bridgehead atoms. The first kappa shape index (κ1) is 54.2. The molecule has 6 heteroatoms. The average Bonchev–Trinajstić information content (AvgIpc) is 3.19. The topological polar surface area (TPSA) is 78.9 Å². The number of esters is 3. The van der Waals surface area contributed by atoms with Crippen LogP contribution in [0.4, 0.5) is 0 Å². The normalized spacial score (nSPS) is 12.0. The summed E-state index contributed by atoms with van der Waals surface area (Å²) >= 11 is 0. The predicted octanol–water partition coefficient (Wildman–Crippen LogP) is 15.8. The van der Waals surface area contributed by atoms with E-state index in [1.165, 1.54) is 154 Å². The highest BCUT2D eigenvalue weighted by Crippen LogP contribution is 2.16. The molecule has 0 N–H and O–H groups in total. The van der Waals surface area contributed by atoms with Gasteiger partial charge in [0.25, 0.3) is 0 Å². The second-order valence-corrected chi connectivity index (χ2v) is 16.7. The van der Waals surface area contributed by atoms with Gasteiger partial charge in [-0.3, -0.25) is 14.4 Å². The van der Waals surface area contributed by atoms with Crippen molar-refractivity contribution < 1.29 is 28.6 Å². The SMILES string of the molecule is CCCC/C=C\CCCCCCC(=O)OC(COC(=O)CCCCCCCCCCC)COC(=O)CCCCCCCCCCCCCCCCCCCCC. The van der Waals surface area contributed by atoms with E-state index in [0.29, 0.717) is 19.3 Å². The van der Waals surface area contributed by atoms with E-state index < -0.39 is 6.10 Å². The lowest BCUT2D eigenvalue weighted by Gasteiger charge is -2.18. The molecule has 0 aliphatic rings. The summed E-state index contributed by atoms with van der Waals surface area (Å²) in [4.78, 5) is 37.7. The van der Waals surface area contributed by atoms with Crippen LogP contribution in [-0.2, 0) is 28.6 Å². The number of ether oxygens (including phenoxy) is 3. The highest BCUT2D eigenvalue weighted by molar-refractivity contribution is 5.71.